The van der Waals surface area contributed by atoms with Crippen molar-refractivity contribution in [2.75, 3.05) is 39.3 Å². The summed E-state index contributed by atoms with van der Waals surface area (Å²) in [4.78, 5) is 39.0. The molecule has 1 saturated heterocycles. The molecule has 39 heavy (non-hydrogen) atoms. The average Bonchev–Trinajstić information content (AvgIpc) is 3.20. The molecule has 0 unspecified atom stereocenters. The predicted molar refractivity (Wildman–Crippen MR) is 150 cm³/mol. The number of methoxy groups -OCH3 is 2. The van der Waals surface area contributed by atoms with E-state index in [1.165, 1.54) is 14.2 Å². The first-order valence-electron chi connectivity index (χ1n) is 11.8. The summed E-state index contributed by atoms with van der Waals surface area (Å²) in [5.74, 6) is 0.714. The molecule has 1 aliphatic rings. The van der Waals surface area contributed by atoms with Crippen molar-refractivity contribution >= 4 is 52.2 Å². The Morgan fingerprint density at radius 1 is 0.949 bits per heavy atom. The highest BCUT2D eigenvalue weighted by molar-refractivity contribution is 8.18. The number of nitrogens with zero attached hydrogens (tertiary/aromatic N) is 1. The molecule has 0 aromatic heterocycles. The third-order valence-electron chi connectivity index (χ3n) is 5.47. The molecule has 0 aliphatic carbocycles. The van der Waals surface area contributed by atoms with Crippen molar-refractivity contribution in [2.24, 2.45) is 0 Å². The predicted octanol–water partition coefficient (Wildman–Crippen LogP) is 5.49. The fourth-order valence-corrected chi connectivity index (χ4v) is 4.79. The first kappa shape index (κ1) is 27.9. The van der Waals surface area contributed by atoms with Crippen LogP contribution in [0.4, 0.5) is 10.5 Å². The summed E-state index contributed by atoms with van der Waals surface area (Å²) in [6.07, 6.45) is 1.55. The van der Waals surface area contributed by atoms with Crippen LogP contribution in [0.25, 0.3) is 6.08 Å². The lowest BCUT2D eigenvalue weighted by Gasteiger charge is -2.15. The van der Waals surface area contributed by atoms with Gasteiger partial charge in [-0.2, -0.15) is 0 Å². The average molecular weight is 569 g/mol. The zero-order valence-corrected chi connectivity index (χ0v) is 22.7. The molecule has 0 atom stereocenters. The number of carbonyl (C=O) groups is 3. The van der Waals surface area contributed by atoms with E-state index in [-0.39, 0.29) is 47.1 Å². The van der Waals surface area contributed by atoms with Gasteiger partial charge < -0.3 is 24.3 Å². The van der Waals surface area contributed by atoms with Crippen molar-refractivity contribution in [1.29, 1.82) is 0 Å². The lowest BCUT2D eigenvalue weighted by molar-refractivity contribution is -0.123. The van der Waals surface area contributed by atoms with Crippen LogP contribution >= 0.6 is 23.4 Å². The number of benzene rings is 3. The molecule has 1 aliphatic heterocycles. The lowest BCUT2D eigenvalue weighted by Crippen LogP contribution is -2.32. The van der Waals surface area contributed by atoms with Crippen LogP contribution in [0.15, 0.2) is 71.6 Å². The Morgan fingerprint density at radius 3 is 2.36 bits per heavy atom. The number of imide groups is 1. The molecule has 3 amide bonds. The molecular weight excluding hydrogens is 544 g/mol. The topological polar surface area (TPSA) is 103 Å². The molecule has 3 aromatic rings. The number of nitrogens with one attached hydrogen (secondary N) is 1. The molecule has 9 nitrogen and oxygen atoms in total. The van der Waals surface area contributed by atoms with Gasteiger partial charge in [0.1, 0.15) is 6.61 Å². The van der Waals surface area contributed by atoms with E-state index in [2.05, 4.69) is 5.32 Å². The fraction of sp³-hybridized carbons (Fsp3) is 0.179. The number of para-hydroxylation sites is 3. The minimum atomic E-state index is -0.443. The molecule has 1 heterocycles. The molecule has 0 radical (unpaired) electrons. The van der Waals surface area contributed by atoms with Crippen LogP contribution in [0, 0.1) is 0 Å². The second kappa shape index (κ2) is 13.1. The Labute approximate surface area is 234 Å². The molecular formula is C28H25ClN2O7S. The minimum Gasteiger partial charge on any atom is -0.493 e. The summed E-state index contributed by atoms with van der Waals surface area (Å²) in [7, 11) is 2.97. The van der Waals surface area contributed by atoms with Crippen LogP contribution in [0.2, 0.25) is 5.02 Å². The lowest BCUT2D eigenvalue weighted by atomic mass is 10.1. The highest BCUT2D eigenvalue weighted by Crippen LogP contribution is 2.39. The number of halogens is 1. The van der Waals surface area contributed by atoms with Gasteiger partial charge in [-0.25, -0.2) is 0 Å². The summed E-state index contributed by atoms with van der Waals surface area (Å²) in [5.41, 5.74) is 1.16. The molecule has 4 rings (SSSR count). The van der Waals surface area contributed by atoms with Gasteiger partial charge in [0.15, 0.2) is 29.6 Å². The number of amides is 3. The van der Waals surface area contributed by atoms with Gasteiger partial charge in [0, 0.05) is 5.69 Å². The smallest absolute Gasteiger partial charge is 0.293 e. The first-order chi connectivity index (χ1) is 18.9. The monoisotopic (exact) mass is 568 g/mol. The second-order valence-electron chi connectivity index (χ2n) is 8.07. The van der Waals surface area contributed by atoms with Crippen LogP contribution in [-0.2, 0) is 9.59 Å². The highest BCUT2D eigenvalue weighted by atomic mass is 35.5. The van der Waals surface area contributed by atoms with E-state index in [1.807, 2.05) is 12.1 Å². The molecule has 3 aromatic carbocycles. The highest BCUT2D eigenvalue weighted by Gasteiger charge is 2.35. The van der Waals surface area contributed by atoms with Gasteiger partial charge in [0.25, 0.3) is 17.1 Å². The van der Waals surface area contributed by atoms with E-state index >= 15 is 0 Å². The second-order valence-corrected chi connectivity index (χ2v) is 9.47. The SMILES string of the molecule is COc1ccccc1OCCN1C(=O)S/C(=C\c2cc(Cl)c(OCC(=O)Nc3ccccc3)c(OC)c2)C1=O. The maximum absolute atomic E-state index is 12.9. The maximum atomic E-state index is 12.9. The molecule has 1 fully saturated rings. The largest absolute Gasteiger partial charge is 0.493 e. The van der Waals surface area contributed by atoms with Crippen molar-refractivity contribution in [3.05, 3.63) is 82.2 Å². The minimum absolute atomic E-state index is 0.0714. The quantitative estimate of drug-likeness (QED) is 0.303. The van der Waals surface area contributed by atoms with Gasteiger partial charge in [-0.05, 0) is 59.8 Å². The number of ether oxygens (including phenoxy) is 4. The Bertz CT molecular complexity index is 1400. The van der Waals surface area contributed by atoms with E-state index < -0.39 is 11.1 Å². The van der Waals surface area contributed by atoms with E-state index in [0.717, 1.165) is 16.7 Å². The van der Waals surface area contributed by atoms with E-state index in [4.69, 9.17) is 30.5 Å². The Kier molecular flexibility index (Phi) is 9.35. The third-order valence-corrected chi connectivity index (χ3v) is 6.66. The van der Waals surface area contributed by atoms with Crippen LogP contribution in [0.3, 0.4) is 0 Å². The molecule has 0 spiro atoms. The number of rotatable bonds is 11. The first-order valence-corrected chi connectivity index (χ1v) is 13.0. The normalized spacial score (nSPS) is 13.9. The number of anilines is 1. The number of thioether (sulfide) groups is 1. The van der Waals surface area contributed by atoms with E-state index in [9.17, 15) is 14.4 Å². The van der Waals surface area contributed by atoms with Crippen molar-refractivity contribution in [3.8, 4) is 23.0 Å². The summed E-state index contributed by atoms with van der Waals surface area (Å²) >= 11 is 7.25. The Balaban J connectivity index is 1.40. The molecule has 11 heteroatoms. The maximum Gasteiger partial charge on any atom is 0.293 e. The van der Waals surface area contributed by atoms with Crippen molar-refractivity contribution in [3.63, 3.8) is 0 Å². The molecule has 1 N–H and O–H groups in total. The fourth-order valence-electron chi connectivity index (χ4n) is 3.65. The number of hydrogen-bond donors (Lipinski definition) is 1. The van der Waals surface area contributed by atoms with Crippen LogP contribution in [0.5, 0.6) is 23.0 Å². The standard InChI is InChI=1S/C28H25ClN2O7S/c1-35-21-10-6-7-11-22(21)37-13-12-31-27(33)24(39-28(31)34)16-18-14-20(29)26(23(15-18)36-2)38-17-25(32)30-19-8-4-3-5-9-19/h3-11,14-16H,12-13,17H2,1-2H3,(H,30,32)/b24-16-. The van der Waals surface area contributed by atoms with Gasteiger partial charge in [-0.3, -0.25) is 19.3 Å². The van der Waals surface area contributed by atoms with Gasteiger partial charge >= 0.3 is 0 Å². The Morgan fingerprint density at radius 2 is 1.64 bits per heavy atom. The van der Waals surface area contributed by atoms with E-state index in [1.54, 1.807) is 60.7 Å². The van der Waals surface area contributed by atoms with Gasteiger partial charge in [0.05, 0.1) is 30.7 Å². The van der Waals surface area contributed by atoms with Gasteiger partial charge in [-0.1, -0.05) is 41.9 Å². The zero-order valence-electron chi connectivity index (χ0n) is 21.1. The number of hydrogen-bond acceptors (Lipinski definition) is 8. The summed E-state index contributed by atoms with van der Waals surface area (Å²) in [6.45, 7) is -0.114. The summed E-state index contributed by atoms with van der Waals surface area (Å²) in [5, 5.41) is 2.49. The van der Waals surface area contributed by atoms with Crippen molar-refractivity contribution in [2.45, 2.75) is 0 Å². The van der Waals surface area contributed by atoms with Gasteiger partial charge in [-0.15, -0.1) is 0 Å². The molecule has 0 bridgehead atoms. The Hall–Kier alpha value is -4.15. The number of carbonyl (C=O) groups excluding carboxylic acids is 3. The van der Waals surface area contributed by atoms with E-state index in [0.29, 0.717) is 22.7 Å². The molecule has 202 valence electrons. The van der Waals surface area contributed by atoms with Crippen molar-refractivity contribution in [1.82, 2.24) is 4.90 Å². The summed E-state index contributed by atoms with van der Waals surface area (Å²) in [6, 6.07) is 19.3. The third kappa shape index (κ3) is 7.04. The van der Waals surface area contributed by atoms with Crippen LogP contribution in [0.1, 0.15) is 5.56 Å². The molecule has 0 saturated carbocycles. The van der Waals surface area contributed by atoms with Crippen molar-refractivity contribution < 1.29 is 33.3 Å². The zero-order chi connectivity index (χ0) is 27.8. The summed E-state index contributed by atoms with van der Waals surface area (Å²) < 4.78 is 22.0. The van der Waals surface area contributed by atoms with Gasteiger partial charge in [0.2, 0.25) is 0 Å². The van der Waals surface area contributed by atoms with Crippen LogP contribution in [-0.4, -0.2) is 55.9 Å². The van der Waals surface area contributed by atoms with Crippen LogP contribution < -0.4 is 24.3 Å².